The number of halogens is 1. The molecule has 6 rings (SSSR count). The molecule has 1 saturated heterocycles. The number of pyridine rings is 2. The molecule has 6 nitrogen and oxygen atoms in total. The van der Waals surface area contributed by atoms with E-state index >= 15 is 0 Å². The molecule has 0 radical (unpaired) electrons. The Labute approximate surface area is 232 Å². The summed E-state index contributed by atoms with van der Waals surface area (Å²) in [6.07, 6.45) is 3.53. The second-order valence-electron chi connectivity index (χ2n) is 8.79. The summed E-state index contributed by atoms with van der Waals surface area (Å²) < 4.78 is 6.19. The smallest absolute Gasteiger partial charge is 0.242 e. The number of fused-ring (bicyclic) bond motifs is 1. The van der Waals surface area contributed by atoms with E-state index in [1.165, 1.54) is 11.3 Å². The second-order valence-corrected chi connectivity index (χ2v) is 11.1. The van der Waals surface area contributed by atoms with E-state index in [9.17, 15) is 9.59 Å². The van der Waals surface area contributed by atoms with Gasteiger partial charge in [-0.1, -0.05) is 41.9 Å². The first-order chi connectivity index (χ1) is 18.5. The molecule has 1 aliphatic heterocycles. The molecule has 0 spiro atoms. The van der Waals surface area contributed by atoms with Gasteiger partial charge >= 0.3 is 0 Å². The van der Waals surface area contributed by atoms with Gasteiger partial charge in [-0.15, -0.1) is 11.8 Å². The molecule has 2 unspecified atom stereocenters. The Morgan fingerprint density at radius 2 is 1.89 bits per heavy atom. The van der Waals surface area contributed by atoms with E-state index in [1.54, 1.807) is 30.6 Å². The van der Waals surface area contributed by atoms with Crippen LogP contribution in [0.3, 0.4) is 0 Å². The molecule has 0 saturated carbocycles. The van der Waals surface area contributed by atoms with Gasteiger partial charge in [0.15, 0.2) is 5.78 Å². The number of Topliss-reactive ketones (excluding diaryl/α,β-unsaturated/α-hetero) is 1. The number of amides is 1. The van der Waals surface area contributed by atoms with Gasteiger partial charge in [-0.25, -0.2) is 4.98 Å². The maximum atomic E-state index is 13.5. The molecule has 1 N–H and O–H groups in total. The number of carbonyl (C=O) groups is 2. The molecule has 3 aromatic heterocycles. The van der Waals surface area contributed by atoms with Crippen LogP contribution in [0.15, 0.2) is 101 Å². The predicted octanol–water partition coefficient (Wildman–Crippen LogP) is 6.63. The maximum Gasteiger partial charge on any atom is 0.242 e. The summed E-state index contributed by atoms with van der Waals surface area (Å²) in [4.78, 5) is 36.7. The number of ketones is 1. The molecule has 38 heavy (non-hydrogen) atoms. The number of aromatic nitrogens is 2. The Kier molecular flexibility index (Phi) is 6.61. The standard InChI is InChI=1S/C29H20ClN3O3S2/c30-21-6-1-2-8-24(21)38-27-22(34)15-29(33-28(27)35,19-12-14-37-17-19)25-9-4-10-26(32-25)36-23-7-3-5-18-11-13-31-16-20(18)23/h1-14,16-17,27H,15H2,(H,33,35). The minimum atomic E-state index is -1.12. The largest absolute Gasteiger partial charge is 0.438 e. The summed E-state index contributed by atoms with van der Waals surface area (Å²) >= 11 is 8.96. The fourth-order valence-electron chi connectivity index (χ4n) is 4.59. The highest BCUT2D eigenvalue weighted by atomic mass is 35.5. The van der Waals surface area contributed by atoms with Crippen LogP contribution >= 0.6 is 34.7 Å². The van der Waals surface area contributed by atoms with Crippen molar-refractivity contribution in [2.45, 2.75) is 22.1 Å². The zero-order valence-corrected chi connectivity index (χ0v) is 22.2. The van der Waals surface area contributed by atoms with Crippen LogP contribution in [0.25, 0.3) is 10.8 Å². The van der Waals surface area contributed by atoms with Crippen molar-refractivity contribution in [3.8, 4) is 11.6 Å². The average molecular weight is 558 g/mol. The summed E-state index contributed by atoms with van der Waals surface area (Å²) in [7, 11) is 0. The SMILES string of the molecule is O=C1CC(c2ccsc2)(c2cccc(Oc3cccc4ccncc34)n2)NC(=O)C1Sc1ccccc1Cl. The lowest BCUT2D eigenvalue weighted by molar-refractivity contribution is -0.133. The molecule has 4 heterocycles. The highest BCUT2D eigenvalue weighted by Crippen LogP contribution is 2.41. The molecule has 1 aliphatic rings. The van der Waals surface area contributed by atoms with Crippen LogP contribution in [0.4, 0.5) is 0 Å². The Bertz CT molecular complexity index is 1640. The number of thiophene rings is 1. The van der Waals surface area contributed by atoms with E-state index in [1.807, 2.05) is 65.4 Å². The molecular weight excluding hydrogens is 538 g/mol. The van der Waals surface area contributed by atoms with Gasteiger partial charge in [0.25, 0.3) is 0 Å². The molecule has 188 valence electrons. The van der Waals surface area contributed by atoms with Crippen molar-refractivity contribution in [3.63, 3.8) is 0 Å². The Morgan fingerprint density at radius 3 is 2.71 bits per heavy atom. The number of thioether (sulfide) groups is 1. The molecular formula is C29H20ClN3O3S2. The summed E-state index contributed by atoms with van der Waals surface area (Å²) in [5.41, 5.74) is 0.199. The monoisotopic (exact) mass is 557 g/mol. The maximum absolute atomic E-state index is 13.5. The van der Waals surface area contributed by atoms with Crippen molar-refractivity contribution in [1.29, 1.82) is 0 Å². The number of piperidine rings is 1. The molecule has 1 fully saturated rings. The van der Waals surface area contributed by atoms with Crippen LogP contribution < -0.4 is 10.1 Å². The molecule has 5 aromatic rings. The first-order valence-corrected chi connectivity index (χ1v) is 14.0. The van der Waals surface area contributed by atoms with Crippen LogP contribution in [0.5, 0.6) is 11.6 Å². The first kappa shape index (κ1) is 24.6. The summed E-state index contributed by atoms with van der Waals surface area (Å²) in [5.74, 6) is 0.385. The zero-order valence-electron chi connectivity index (χ0n) is 19.8. The third-order valence-corrected chi connectivity index (χ3v) is 8.87. The molecule has 0 aliphatic carbocycles. The van der Waals surface area contributed by atoms with E-state index < -0.39 is 10.8 Å². The van der Waals surface area contributed by atoms with Crippen molar-refractivity contribution in [2.24, 2.45) is 0 Å². The van der Waals surface area contributed by atoms with Crippen LogP contribution in [0, 0.1) is 0 Å². The van der Waals surface area contributed by atoms with Crippen LogP contribution in [0.2, 0.25) is 5.02 Å². The minimum absolute atomic E-state index is 0.0479. The summed E-state index contributed by atoms with van der Waals surface area (Å²) in [6.45, 7) is 0. The predicted molar refractivity (Wildman–Crippen MR) is 150 cm³/mol. The first-order valence-electron chi connectivity index (χ1n) is 11.8. The van der Waals surface area contributed by atoms with Crippen molar-refractivity contribution in [3.05, 3.63) is 112 Å². The van der Waals surface area contributed by atoms with E-state index in [2.05, 4.69) is 10.3 Å². The lowest BCUT2D eigenvalue weighted by Crippen LogP contribution is -2.58. The lowest BCUT2D eigenvalue weighted by Gasteiger charge is -2.39. The highest BCUT2D eigenvalue weighted by Gasteiger charge is 2.48. The third kappa shape index (κ3) is 4.55. The zero-order chi connectivity index (χ0) is 26.1. The quantitative estimate of drug-likeness (QED) is 0.236. The van der Waals surface area contributed by atoms with E-state index in [0.717, 1.165) is 28.1 Å². The Morgan fingerprint density at radius 1 is 1.03 bits per heavy atom. The number of hydrogen-bond acceptors (Lipinski definition) is 7. The normalized spacial score (nSPS) is 19.3. The minimum Gasteiger partial charge on any atom is -0.438 e. The number of hydrogen-bond donors (Lipinski definition) is 1. The van der Waals surface area contributed by atoms with E-state index in [4.69, 9.17) is 21.3 Å². The van der Waals surface area contributed by atoms with Crippen LogP contribution in [-0.2, 0) is 15.1 Å². The van der Waals surface area contributed by atoms with Gasteiger partial charge in [-0.2, -0.15) is 11.3 Å². The topological polar surface area (TPSA) is 81.2 Å². The lowest BCUT2D eigenvalue weighted by atomic mass is 9.79. The van der Waals surface area contributed by atoms with Crippen LogP contribution in [0.1, 0.15) is 17.7 Å². The number of carbonyl (C=O) groups excluding carboxylic acids is 2. The van der Waals surface area contributed by atoms with Crippen molar-refractivity contribution in [2.75, 3.05) is 0 Å². The Balaban J connectivity index is 1.35. The summed E-state index contributed by atoms with van der Waals surface area (Å²) in [6, 6.07) is 22.1. The van der Waals surface area contributed by atoms with Gasteiger partial charge in [0, 0.05) is 35.2 Å². The van der Waals surface area contributed by atoms with Gasteiger partial charge in [-0.3, -0.25) is 14.6 Å². The highest BCUT2D eigenvalue weighted by molar-refractivity contribution is 8.01. The number of rotatable bonds is 6. The molecule has 1 amide bonds. The van der Waals surface area contributed by atoms with Gasteiger partial charge < -0.3 is 10.1 Å². The summed E-state index contributed by atoms with van der Waals surface area (Å²) in [5, 5.41) is 8.44. The van der Waals surface area contributed by atoms with Gasteiger partial charge in [-0.05, 0) is 58.1 Å². The van der Waals surface area contributed by atoms with Gasteiger partial charge in [0.2, 0.25) is 11.8 Å². The van der Waals surface area contributed by atoms with Crippen molar-refractivity contribution in [1.82, 2.24) is 15.3 Å². The van der Waals surface area contributed by atoms with Crippen LogP contribution in [-0.4, -0.2) is 26.9 Å². The fourth-order valence-corrected chi connectivity index (χ4v) is 6.56. The molecule has 0 bridgehead atoms. The number of nitrogens with zero attached hydrogens (tertiary/aromatic N) is 2. The average Bonchev–Trinajstić information content (AvgIpc) is 3.48. The molecule has 2 aromatic carbocycles. The molecule has 9 heteroatoms. The number of nitrogens with one attached hydrogen (secondary N) is 1. The second kappa shape index (κ2) is 10.2. The van der Waals surface area contributed by atoms with Crippen molar-refractivity contribution >= 4 is 57.2 Å². The third-order valence-electron chi connectivity index (χ3n) is 6.42. The van der Waals surface area contributed by atoms with Gasteiger partial charge in [0.1, 0.15) is 16.5 Å². The van der Waals surface area contributed by atoms with Crippen molar-refractivity contribution < 1.29 is 14.3 Å². The fraction of sp³-hybridized carbons (Fsp3) is 0.103. The molecule has 2 atom stereocenters. The van der Waals surface area contributed by atoms with Gasteiger partial charge in [0.05, 0.1) is 10.7 Å². The number of ether oxygens (including phenoxy) is 1. The number of benzene rings is 2. The van der Waals surface area contributed by atoms with E-state index in [-0.39, 0.29) is 18.1 Å². The Hall–Kier alpha value is -3.72. The van der Waals surface area contributed by atoms with E-state index in [0.29, 0.717) is 27.2 Å².